The molecule has 0 bridgehead atoms. The van der Waals surface area contributed by atoms with Crippen molar-refractivity contribution < 1.29 is 4.79 Å². The Morgan fingerprint density at radius 2 is 2.18 bits per heavy atom. The van der Waals surface area contributed by atoms with Crippen molar-refractivity contribution in [3.63, 3.8) is 0 Å². The van der Waals surface area contributed by atoms with Crippen LogP contribution in [0.4, 0.5) is 5.69 Å². The molecule has 1 aromatic carbocycles. The summed E-state index contributed by atoms with van der Waals surface area (Å²) >= 11 is 0. The van der Waals surface area contributed by atoms with E-state index < -0.39 is 0 Å². The van der Waals surface area contributed by atoms with E-state index in [0.29, 0.717) is 0 Å². The summed E-state index contributed by atoms with van der Waals surface area (Å²) in [5.74, 6) is 1.04. The molecule has 1 N–H and O–H groups in total. The van der Waals surface area contributed by atoms with Crippen LogP contribution in [-0.2, 0) is 17.8 Å². The molecule has 1 aliphatic heterocycles. The van der Waals surface area contributed by atoms with Crippen LogP contribution in [0.1, 0.15) is 32.0 Å². The first-order chi connectivity index (χ1) is 10.8. The van der Waals surface area contributed by atoms with Crippen molar-refractivity contribution in [3.05, 3.63) is 48.3 Å². The maximum atomic E-state index is 11.8. The predicted molar refractivity (Wildman–Crippen MR) is 89.9 cm³/mol. The summed E-state index contributed by atoms with van der Waals surface area (Å²) in [6.07, 6.45) is 11.7. The van der Waals surface area contributed by atoms with Crippen LogP contribution in [0.5, 0.6) is 0 Å². The van der Waals surface area contributed by atoms with Crippen molar-refractivity contribution in [1.29, 1.82) is 0 Å². The van der Waals surface area contributed by atoms with Crippen molar-refractivity contribution in [3.8, 4) is 0 Å². The second-order valence-electron chi connectivity index (χ2n) is 5.57. The second kappa shape index (κ2) is 6.60. The molecule has 0 aliphatic carbocycles. The van der Waals surface area contributed by atoms with E-state index in [1.54, 1.807) is 6.08 Å². The fourth-order valence-corrected chi connectivity index (χ4v) is 2.87. The fraction of sp³-hybridized carbons (Fsp3) is 0.333. The number of carbonyl (C=O) groups excluding carboxylic acids is 1. The van der Waals surface area contributed by atoms with Gasteiger partial charge in [0.1, 0.15) is 5.82 Å². The third-order valence-electron chi connectivity index (χ3n) is 3.93. The summed E-state index contributed by atoms with van der Waals surface area (Å²) in [6, 6.07) is 5.96. The van der Waals surface area contributed by atoms with Gasteiger partial charge in [0.05, 0.1) is 11.0 Å². The van der Waals surface area contributed by atoms with Gasteiger partial charge in [0.15, 0.2) is 0 Å². The van der Waals surface area contributed by atoms with E-state index >= 15 is 0 Å². The Morgan fingerprint density at radius 3 is 3.05 bits per heavy atom. The maximum Gasteiger partial charge on any atom is 0.248 e. The van der Waals surface area contributed by atoms with Gasteiger partial charge >= 0.3 is 0 Å². The van der Waals surface area contributed by atoms with Gasteiger partial charge in [-0.05, 0) is 38.0 Å². The summed E-state index contributed by atoms with van der Waals surface area (Å²) in [5, 5.41) is 2.88. The Bertz CT molecular complexity index is 740. The fourth-order valence-electron chi connectivity index (χ4n) is 2.87. The van der Waals surface area contributed by atoms with Gasteiger partial charge < -0.3 is 9.88 Å². The number of benzene rings is 1. The monoisotopic (exact) mass is 295 g/mol. The number of hydrogen-bond acceptors (Lipinski definition) is 2. The SMILES string of the molecule is C/C=C/C=C/C(=O)Nc1ccc2c(c1)nc1n2CCCCC1. The average Bonchev–Trinajstić information content (AvgIpc) is 2.68. The molecule has 0 spiro atoms. The van der Waals surface area contributed by atoms with E-state index in [-0.39, 0.29) is 5.91 Å². The van der Waals surface area contributed by atoms with E-state index in [9.17, 15) is 4.79 Å². The van der Waals surface area contributed by atoms with Crippen LogP contribution >= 0.6 is 0 Å². The van der Waals surface area contributed by atoms with Gasteiger partial charge in [0.2, 0.25) is 5.91 Å². The number of imidazole rings is 1. The van der Waals surface area contributed by atoms with E-state index in [2.05, 4.69) is 16.0 Å². The molecule has 1 amide bonds. The number of carbonyl (C=O) groups is 1. The number of hydrogen-bond donors (Lipinski definition) is 1. The quantitative estimate of drug-likeness (QED) is 0.691. The van der Waals surface area contributed by atoms with Gasteiger partial charge in [0.25, 0.3) is 0 Å². The van der Waals surface area contributed by atoms with Crippen LogP contribution in [0.15, 0.2) is 42.5 Å². The molecule has 0 saturated carbocycles. The summed E-state index contributed by atoms with van der Waals surface area (Å²) in [7, 11) is 0. The second-order valence-corrected chi connectivity index (χ2v) is 5.57. The molecule has 1 aromatic heterocycles. The zero-order valence-corrected chi connectivity index (χ0v) is 12.9. The first-order valence-corrected chi connectivity index (χ1v) is 7.87. The number of nitrogens with zero attached hydrogens (tertiary/aromatic N) is 2. The largest absolute Gasteiger partial charge is 0.328 e. The smallest absolute Gasteiger partial charge is 0.248 e. The summed E-state index contributed by atoms with van der Waals surface area (Å²) in [4.78, 5) is 16.5. The van der Waals surface area contributed by atoms with Gasteiger partial charge in [0, 0.05) is 24.7 Å². The molecule has 1 aliphatic rings. The predicted octanol–water partition coefficient (Wildman–Crippen LogP) is 3.83. The van der Waals surface area contributed by atoms with Crippen LogP contribution < -0.4 is 5.32 Å². The lowest BCUT2D eigenvalue weighted by atomic mass is 10.2. The number of fused-ring (bicyclic) bond motifs is 3. The van der Waals surface area contributed by atoms with Gasteiger partial charge in [-0.25, -0.2) is 4.98 Å². The topological polar surface area (TPSA) is 46.9 Å². The Hall–Kier alpha value is -2.36. The number of aryl methyl sites for hydroxylation is 2. The molecule has 22 heavy (non-hydrogen) atoms. The number of aromatic nitrogens is 2. The molecule has 0 unspecified atom stereocenters. The van der Waals surface area contributed by atoms with Crippen LogP contribution in [-0.4, -0.2) is 15.5 Å². The van der Waals surface area contributed by atoms with Crippen LogP contribution in [0.25, 0.3) is 11.0 Å². The first-order valence-electron chi connectivity index (χ1n) is 7.87. The van der Waals surface area contributed by atoms with Gasteiger partial charge in [-0.3, -0.25) is 4.79 Å². The molecule has 114 valence electrons. The molecule has 0 saturated heterocycles. The van der Waals surface area contributed by atoms with Crippen molar-refractivity contribution in [2.45, 2.75) is 39.2 Å². The van der Waals surface area contributed by atoms with Crippen LogP contribution in [0.2, 0.25) is 0 Å². The zero-order chi connectivity index (χ0) is 15.4. The lowest BCUT2D eigenvalue weighted by molar-refractivity contribution is -0.111. The molecule has 4 heteroatoms. The van der Waals surface area contributed by atoms with Crippen LogP contribution in [0.3, 0.4) is 0 Å². The Labute approximate surface area is 130 Å². The highest BCUT2D eigenvalue weighted by molar-refractivity contribution is 6.00. The number of rotatable bonds is 3. The highest BCUT2D eigenvalue weighted by atomic mass is 16.1. The standard InChI is InChI=1S/C18H21N3O/c1-2-3-5-9-18(22)19-14-10-11-16-15(13-14)20-17-8-6-4-7-12-21(16)17/h2-3,5,9-11,13H,4,6-8,12H2,1H3,(H,19,22)/b3-2+,9-5+. The number of nitrogens with one attached hydrogen (secondary N) is 1. The zero-order valence-electron chi connectivity index (χ0n) is 12.9. The van der Waals surface area contributed by atoms with Crippen molar-refractivity contribution >= 4 is 22.6 Å². The number of anilines is 1. The molecular formula is C18H21N3O. The molecule has 0 fully saturated rings. The molecular weight excluding hydrogens is 274 g/mol. The molecule has 0 radical (unpaired) electrons. The van der Waals surface area contributed by atoms with Crippen molar-refractivity contribution in [2.75, 3.05) is 5.32 Å². The minimum atomic E-state index is -0.127. The Morgan fingerprint density at radius 1 is 1.27 bits per heavy atom. The lowest BCUT2D eigenvalue weighted by Gasteiger charge is -2.05. The Balaban J connectivity index is 1.83. The van der Waals surface area contributed by atoms with E-state index in [4.69, 9.17) is 4.98 Å². The van der Waals surface area contributed by atoms with E-state index in [0.717, 1.165) is 24.2 Å². The van der Waals surface area contributed by atoms with Gasteiger partial charge in [-0.2, -0.15) is 0 Å². The summed E-state index contributed by atoms with van der Waals surface area (Å²) < 4.78 is 2.32. The lowest BCUT2D eigenvalue weighted by Crippen LogP contribution is -2.07. The van der Waals surface area contributed by atoms with Crippen LogP contribution in [0, 0.1) is 0 Å². The van der Waals surface area contributed by atoms with E-state index in [1.807, 2.05) is 31.2 Å². The maximum absolute atomic E-state index is 11.8. The highest BCUT2D eigenvalue weighted by Gasteiger charge is 2.13. The minimum Gasteiger partial charge on any atom is -0.328 e. The van der Waals surface area contributed by atoms with Gasteiger partial charge in [-0.1, -0.05) is 24.6 Å². The number of amides is 1. The summed E-state index contributed by atoms with van der Waals surface area (Å²) in [6.45, 7) is 2.96. The molecule has 2 aromatic rings. The molecule has 4 nitrogen and oxygen atoms in total. The molecule has 0 atom stereocenters. The molecule has 2 heterocycles. The third-order valence-corrected chi connectivity index (χ3v) is 3.93. The average molecular weight is 295 g/mol. The first kappa shape index (κ1) is 14.6. The van der Waals surface area contributed by atoms with E-state index in [1.165, 1.54) is 36.7 Å². The van der Waals surface area contributed by atoms with Crippen molar-refractivity contribution in [1.82, 2.24) is 9.55 Å². The van der Waals surface area contributed by atoms with Gasteiger partial charge in [-0.15, -0.1) is 0 Å². The Kier molecular flexibility index (Phi) is 4.37. The summed E-state index contributed by atoms with van der Waals surface area (Å²) in [5.41, 5.74) is 2.92. The third kappa shape index (κ3) is 3.11. The minimum absolute atomic E-state index is 0.127. The highest BCUT2D eigenvalue weighted by Crippen LogP contribution is 2.24. The number of allylic oxidation sites excluding steroid dienone is 3. The van der Waals surface area contributed by atoms with Crippen molar-refractivity contribution in [2.24, 2.45) is 0 Å². The molecule has 3 rings (SSSR count). The normalized spacial score (nSPS) is 15.3.